The summed E-state index contributed by atoms with van der Waals surface area (Å²) in [6, 6.07) is 10.6. The Kier molecular flexibility index (Phi) is 9.64. The molecule has 0 aliphatic rings. The third kappa shape index (κ3) is 6.91. The van der Waals surface area contributed by atoms with Crippen molar-refractivity contribution in [1.29, 1.82) is 0 Å². The van der Waals surface area contributed by atoms with Gasteiger partial charge in [0.1, 0.15) is 12.4 Å². The number of methoxy groups -OCH3 is 2. The Morgan fingerprint density at radius 2 is 1.61 bits per heavy atom. The third-order valence-electron chi connectivity index (χ3n) is 4.65. The van der Waals surface area contributed by atoms with Crippen LogP contribution in [0.15, 0.2) is 47.4 Å². The number of carbonyl (C=O) groups excluding carboxylic acids is 2. The fraction of sp³-hybridized carbons (Fsp3) is 0.364. The van der Waals surface area contributed by atoms with Gasteiger partial charge in [-0.2, -0.15) is 4.31 Å². The molecule has 0 bridgehead atoms. The number of ether oxygens (including phenoxy) is 3. The molecular weight excluding hydrogens is 450 g/mol. The molecule has 2 rings (SSSR count). The molecule has 0 aromatic heterocycles. The molecule has 33 heavy (non-hydrogen) atoms. The number of anilines is 2. The normalized spacial score (nSPS) is 11.2. The van der Waals surface area contributed by atoms with E-state index in [1.165, 1.54) is 36.7 Å². The van der Waals surface area contributed by atoms with Crippen LogP contribution in [0.5, 0.6) is 5.75 Å². The minimum Gasteiger partial charge on any atom is -0.496 e. The van der Waals surface area contributed by atoms with Gasteiger partial charge in [-0.3, -0.25) is 10.1 Å². The van der Waals surface area contributed by atoms with Crippen molar-refractivity contribution in [2.24, 2.45) is 0 Å². The van der Waals surface area contributed by atoms with Gasteiger partial charge in [-0.25, -0.2) is 13.2 Å². The van der Waals surface area contributed by atoms with Crippen molar-refractivity contribution in [2.45, 2.75) is 18.7 Å². The molecule has 2 aromatic rings. The van der Waals surface area contributed by atoms with Crippen molar-refractivity contribution in [3.05, 3.63) is 48.0 Å². The molecule has 11 heteroatoms. The van der Waals surface area contributed by atoms with Crippen LogP contribution in [0.4, 0.5) is 16.2 Å². The second kappa shape index (κ2) is 12.2. The number of amides is 2. The number of nitrogens with one attached hydrogen (secondary N) is 2. The first-order valence-electron chi connectivity index (χ1n) is 10.3. The second-order valence-electron chi connectivity index (χ2n) is 6.74. The van der Waals surface area contributed by atoms with Gasteiger partial charge in [0.25, 0.3) is 5.91 Å². The molecule has 0 atom stereocenters. The highest BCUT2D eigenvalue weighted by atomic mass is 32.2. The fourth-order valence-corrected chi connectivity index (χ4v) is 4.47. The van der Waals surface area contributed by atoms with Gasteiger partial charge in [0.2, 0.25) is 10.0 Å². The summed E-state index contributed by atoms with van der Waals surface area (Å²) in [4.78, 5) is 24.8. The molecule has 0 fully saturated rings. The van der Waals surface area contributed by atoms with Crippen LogP contribution in [0.25, 0.3) is 0 Å². The summed E-state index contributed by atoms with van der Waals surface area (Å²) in [5.74, 6) is -0.342. The molecule has 0 unspecified atom stereocenters. The molecule has 10 nitrogen and oxygen atoms in total. The smallest absolute Gasteiger partial charge is 0.411 e. The van der Waals surface area contributed by atoms with Gasteiger partial charge in [0.15, 0.2) is 0 Å². The molecule has 0 aliphatic heterocycles. The van der Waals surface area contributed by atoms with Crippen LogP contribution >= 0.6 is 0 Å². The van der Waals surface area contributed by atoms with Gasteiger partial charge in [0, 0.05) is 31.6 Å². The summed E-state index contributed by atoms with van der Waals surface area (Å²) in [5.41, 5.74) is 0.844. The Hall–Kier alpha value is -3.15. The highest BCUT2D eigenvalue weighted by Crippen LogP contribution is 2.26. The van der Waals surface area contributed by atoms with E-state index in [4.69, 9.17) is 14.2 Å². The zero-order valence-corrected chi connectivity index (χ0v) is 19.9. The van der Waals surface area contributed by atoms with Gasteiger partial charge in [-0.05, 0) is 36.4 Å². The van der Waals surface area contributed by atoms with Crippen LogP contribution in [0.2, 0.25) is 0 Å². The van der Waals surface area contributed by atoms with Gasteiger partial charge < -0.3 is 19.5 Å². The first kappa shape index (κ1) is 26.1. The van der Waals surface area contributed by atoms with Crippen LogP contribution in [0, 0.1) is 0 Å². The van der Waals surface area contributed by atoms with Crippen molar-refractivity contribution in [1.82, 2.24) is 4.31 Å². The van der Waals surface area contributed by atoms with Gasteiger partial charge in [-0.1, -0.05) is 19.9 Å². The maximum atomic E-state index is 13.0. The van der Waals surface area contributed by atoms with E-state index in [-0.39, 0.29) is 29.4 Å². The van der Waals surface area contributed by atoms with Crippen molar-refractivity contribution in [3.63, 3.8) is 0 Å². The number of benzene rings is 2. The summed E-state index contributed by atoms with van der Waals surface area (Å²) < 4.78 is 42.1. The van der Waals surface area contributed by atoms with Crippen molar-refractivity contribution >= 4 is 33.4 Å². The van der Waals surface area contributed by atoms with Crippen LogP contribution in [0.1, 0.15) is 24.2 Å². The first-order chi connectivity index (χ1) is 15.8. The van der Waals surface area contributed by atoms with Crippen LogP contribution in [-0.4, -0.2) is 65.2 Å². The molecular formula is C22H29N3O7S. The molecule has 0 aliphatic carbocycles. The van der Waals surface area contributed by atoms with E-state index in [9.17, 15) is 18.0 Å². The number of hydrogen-bond acceptors (Lipinski definition) is 7. The molecule has 2 amide bonds. The minimum atomic E-state index is -3.76. The summed E-state index contributed by atoms with van der Waals surface area (Å²) in [5, 5.41) is 5.25. The molecule has 180 valence electrons. The zero-order chi connectivity index (χ0) is 24.4. The van der Waals surface area contributed by atoms with Crippen molar-refractivity contribution in [3.8, 4) is 5.75 Å². The van der Waals surface area contributed by atoms with E-state index >= 15 is 0 Å². The lowest BCUT2D eigenvalue weighted by molar-refractivity contribution is 0.102. The summed E-state index contributed by atoms with van der Waals surface area (Å²) in [6.45, 7) is 4.47. The predicted molar refractivity (Wildman–Crippen MR) is 124 cm³/mol. The Morgan fingerprint density at radius 3 is 2.21 bits per heavy atom. The maximum Gasteiger partial charge on any atom is 0.411 e. The maximum absolute atomic E-state index is 13.0. The highest BCUT2D eigenvalue weighted by Gasteiger charge is 2.24. The molecule has 0 radical (unpaired) electrons. The molecule has 0 heterocycles. The SMILES string of the molecule is CCN(CC)S(=O)(=O)c1ccc(OC)c(C(=O)Nc2cccc(NC(=O)OCCOC)c2)c1. The Morgan fingerprint density at radius 1 is 0.939 bits per heavy atom. The lowest BCUT2D eigenvalue weighted by atomic mass is 10.1. The molecule has 0 spiro atoms. The Bertz CT molecular complexity index is 1070. The first-order valence-corrected chi connectivity index (χ1v) is 11.7. The molecule has 2 aromatic carbocycles. The zero-order valence-electron chi connectivity index (χ0n) is 19.1. The summed E-state index contributed by atoms with van der Waals surface area (Å²) in [7, 11) is -0.867. The average Bonchev–Trinajstić information content (AvgIpc) is 2.79. The second-order valence-corrected chi connectivity index (χ2v) is 8.68. The summed E-state index contributed by atoms with van der Waals surface area (Å²) in [6.07, 6.45) is -0.661. The monoisotopic (exact) mass is 479 g/mol. The lowest BCUT2D eigenvalue weighted by Crippen LogP contribution is -2.30. The van der Waals surface area contributed by atoms with Crippen LogP contribution < -0.4 is 15.4 Å². The number of sulfonamides is 1. The largest absolute Gasteiger partial charge is 0.496 e. The van der Waals surface area contributed by atoms with Gasteiger partial charge >= 0.3 is 6.09 Å². The van der Waals surface area contributed by atoms with E-state index in [1.54, 1.807) is 38.1 Å². The molecule has 0 saturated carbocycles. The molecule has 0 saturated heterocycles. The third-order valence-corrected chi connectivity index (χ3v) is 6.69. The van der Waals surface area contributed by atoms with Crippen LogP contribution in [-0.2, 0) is 19.5 Å². The number of rotatable bonds is 11. The standard InChI is InChI=1S/C22H29N3O7S/c1-5-25(6-2)33(28,29)18-10-11-20(31-4)19(15-18)21(26)23-16-8-7-9-17(14-16)24-22(27)32-13-12-30-3/h7-11,14-15H,5-6,12-13H2,1-4H3,(H,23,26)(H,24,27). The van der Waals surface area contributed by atoms with E-state index in [0.29, 0.717) is 24.5 Å². The fourth-order valence-electron chi connectivity index (χ4n) is 2.98. The van der Waals surface area contributed by atoms with E-state index in [2.05, 4.69) is 10.6 Å². The quantitative estimate of drug-likeness (QED) is 0.475. The minimum absolute atomic E-state index is 0.00799. The summed E-state index contributed by atoms with van der Waals surface area (Å²) >= 11 is 0. The van der Waals surface area contributed by atoms with E-state index in [1.807, 2.05) is 0 Å². The predicted octanol–water partition coefficient (Wildman–Crippen LogP) is 3.17. The van der Waals surface area contributed by atoms with Crippen molar-refractivity contribution in [2.75, 3.05) is 51.2 Å². The Balaban J connectivity index is 2.23. The number of carbonyl (C=O) groups is 2. The van der Waals surface area contributed by atoms with E-state index < -0.39 is 22.0 Å². The highest BCUT2D eigenvalue weighted by molar-refractivity contribution is 7.89. The number of hydrogen-bond donors (Lipinski definition) is 2. The number of nitrogens with zero attached hydrogens (tertiary/aromatic N) is 1. The van der Waals surface area contributed by atoms with Crippen molar-refractivity contribution < 1.29 is 32.2 Å². The van der Waals surface area contributed by atoms with Crippen LogP contribution in [0.3, 0.4) is 0 Å². The average molecular weight is 480 g/mol. The lowest BCUT2D eigenvalue weighted by Gasteiger charge is -2.19. The molecule has 2 N–H and O–H groups in total. The Labute approximate surface area is 193 Å². The van der Waals surface area contributed by atoms with E-state index in [0.717, 1.165) is 0 Å². The van der Waals surface area contributed by atoms with Gasteiger partial charge in [0.05, 0.1) is 24.2 Å². The van der Waals surface area contributed by atoms with Gasteiger partial charge in [-0.15, -0.1) is 0 Å². The topological polar surface area (TPSA) is 123 Å².